The Morgan fingerprint density at radius 1 is 1.07 bits per heavy atom. The highest BCUT2D eigenvalue weighted by Crippen LogP contribution is 2.34. The van der Waals surface area contributed by atoms with Gasteiger partial charge in [0.25, 0.3) is 5.91 Å². The predicted octanol–water partition coefficient (Wildman–Crippen LogP) is 3.65. The number of benzene rings is 2. The molecule has 0 atom stereocenters. The highest BCUT2D eigenvalue weighted by atomic mass is 19.4. The Kier molecular flexibility index (Phi) is 5.91. The quantitative estimate of drug-likeness (QED) is 0.665. The zero-order valence-corrected chi connectivity index (χ0v) is 15.9. The lowest BCUT2D eigenvalue weighted by Gasteiger charge is -2.22. The molecule has 0 radical (unpaired) electrons. The lowest BCUT2D eigenvalue weighted by Crippen LogP contribution is -2.38. The van der Waals surface area contributed by atoms with Crippen LogP contribution in [0.1, 0.15) is 22.8 Å². The summed E-state index contributed by atoms with van der Waals surface area (Å²) >= 11 is 0. The van der Waals surface area contributed by atoms with Gasteiger partial charge in [-0.2, -0.15) is 13.2 Å². The Labute approximate surface area is 169 Å². The van der Waals surface area contributed by atoms with Crippen molar-refractivity contribution in [2.45, 2.75) is 13.1 Å². The van der Waals surface area contributed by atoms with E-state index in [1.807, 2.05) is 0 Å². The zero-order valence-electron chi connectivity index (χ0n) is 15.9. The van der Waals surface area contributed by atoms with Crippen LogP contribution in [0.2, 0.25) is 0 Å². The zero-order chi connectivity index (χ0) is 21.9. The number of anilines is 1. The summed E-state index contributed by atoms with van der Waals surface area (Å²) in [7, 11) is 0. The van der Waals surface area contributed by atoms with Crippen molar-refractivity contribution in [1.82, 2.24) is 9.88 Å². The molecular weight excluding hydrogens is 399 g/mol. The average Bonchev–Trinajstić information content (AvgIpc) is 2.70. The third-order valence-electron chi connectivity index (χ3n) is 4.49. The van der Waals surface area contributed by atoms with Crippen molar-refractivity contribution in [2.75, 3.05) is 18.4 Å². The minimum absolute atomic E-state index is 0.111. The minimum atomic E-state index is -4.63. The number of halogens is 3. The van der Waals surface area contributed by atoms with Crippen LogP contribution in [0.5, 0.6) is 0 Å². The summed E-state index contributed by atoms with van der Waals surface area (Å²) in [6.07, 6.45) is -4.63. The summed E-state index contributed by atoms with van der Waals surface area (Å²) in [6.45, 7) is 1.28. The summed E-state index contributed by atoms with van der Waals surface area (Å²) in [5, 5.41) is 2.72. The van der Waals surface area contributed by atoms with E-state index in [2.05, 4.69) is 10.3 Å². The Bertz CT molecular complexity index is 1160. The first-order valence-electron chi connectivity index (χ1n) is 9.08. The van der Waals surface area contributed by atoms with Gasteiger partial charge >= 0.3 is 6.18 Å². The number of likely N-dealkylation sites (N-methyl/N-ethyl adjacent to an activating group) is 1. The van der Waals surface area contributed by atoms with E-state index in [9.17, 15) is 27.6 Å². The third kappa shape index (κ3) is 4.51. The number of carbonyl (C=O) groups is 2. The van der Waals surface area contributed by atoms with Crippen molar-refractivity contribution >= 4 is 28.4 Å². The van der Waals surface area contributed by atoms with E-state index in [0.717, 1.165) is 23.1 Å². The number of hydrogen-bond donors (Lipinski definition) is 2. The molecule has 2 N–H and O–H groups in total. The van der Waals surface area contributed by atoms with Crippen molar-refractivity contribution in [2.24, 2.45) is 0 Å². The number of hydrogen-bond acceptors (Lipinski definition) is 3. The number of nitrogens with zero attached hydrogens (tertiary/aromatic N) is 1. The van der Waals surface area contributed by atoms with Gasteiger partial charge in [-0.1, -0.05) is 30.3 Å². The average molecular weight is 417 g/mol. The van der Waals surface area contributed by atoms with Gasteiger partial charge in [-0.05, 0) is 25.1 Å². The predicted molar refractivity (Wildman–Crippen MR) is 106 cm³/mol. The summed E-state index contributed by atoms with van der Waals surface area (Å²) < 4.78 is 39.3. The molecule has 0 saturated carbocycles. The van der Waals surface area contributed by atoms with E-state index in [4.69, 9.17) is 0 Å². The smallest absolute Gasteiger partial charge is 0.330 e. The number of para-hydroxylation sites is 2. The van der Waals surface area contributed by atoms with E-state index >= 15 is 0 Å². The topological polar surface area (TPSA) is 82.3 Å². The lowest BCUT2D eigenvalue weighted by atomic mass is 10.1. The fourth-order valence-electron chi connectivity index (χ4n) is 3.08. The molecule has 6 nitrogen and oxygen atoms in total. The second-order valence-electron chi connectivity index (χ2n) is 6.50. The summed E-state index contributed by atoms with van der Waals surface area (Å²) in [5.74, 6) is -1.35. The summed E-state index contributed by atoms with van der Waals surface area (Å²) in [6, 6.07) is 12.4. The monoisotopic (exact) mass is 417 g/mol. The molecule has 0 aliphatic carbocycles. The molecule has 9 heteroatoms. The van der Waals surface area contributed by atoms with E-state index < -0.39 is 35.7 Å². The molecule has 156 valence electrons. The maximum Gasteiger partial charge on any atom is 0.418 e. The molecule has 0 unspecified atom stereocenters. The first-order valence-corrected chi connectivity index (χ1v) is 9.08. The molecule has 3 aromatic rings. The Hall–Kier alpha value is -3.62. The van der Waals surface area contributed by atoms with Crippen molar-refractivity contribution in [1.29, 1.82) is 0 Å². The molecule has 1 heterocycles. The van der Waals surface area contributed by atoms with E-state index in [1.165, 1.54) is 12.1 Å². The van der Waals surface area contributed by atoms with Crippen LogP contribution in [0.15, 0.2) is 59.4 Å². The molecule has 0 saturated heterocycles. The number of carbonyl (C=O) groups excluding carboxylic acids is 2. The molecule has 0 aliphatic heterocycles. The van der Waals surface area contributed by atoms with E-state index in [-0.39, 0.29) is 17.8 Å². The van der Waals surface area contributed by atoms with Gasteiger partial charge < -0.3 is 15.2 Å². The maximum absolute atomic E-state index is 13.1. The number of pyridine rings is 1. The molecule has 30 heavy (non-hydrogen) atoms. The van der Waals surface area contributed by atoms with Crippen LogP contribution in [0.25, 0.3) is 10.9 Å². The van der Waals surface area contributed by atoms with Crippen molar-refractivity contribution in [3.63, 3.8) is 0 Å². The van der Waals surface area contributed by atoms with Gasteiger partial charge in [0, 0.05) is 23.5 Å². The van der Waals surface area contributed by atoms with Gasteiger partial charge in [0.1, 0.15) is 6.54 Å². The maximum atomic E-state index is 13.1. The van der Waals surface area contributed by atoms with Gasteiger partial charge in [0.05, 0.1) is 16.8 Å². The fraction of sp³-hybridized carbons (Fsp3) is 0.190. The van der Waals surface area contributed by atoms with E-state index in [0.29, 0.717) is 10.9 Å². The number of fused-ring (bicyclic) bond motifs is 1. The third-order valence-corrected chi connectivity index (χ3v) is 4.49. The van der Waals surface area contributed by atoms with Crippen LogP contribution in [-0.2, 0) is 11.0 Å². The Balaban J connectivity index is 1.84. The number of alkyl halides is 3. The number of nitrogens with one attached hydrogen (secondary N) is 2. The fourth-order valence-corrected chi connectivity index (χ4v) is 3.08. The molecular formula is C21H18F3N3O3. The number of aromatic amines is 1. The molecule has 0 fully saturated rings. The van der Waals surface area contributed by atoms with Crippen LogP contribution >= 0.6 is 0 Å². The normalized spacial score (nSPS) is 11.3. The molecule has 2 amide bonds. The van der Waals surface area contributed by atoms with Crippen LogP contribution in [0.3, 0.4) is 0 Å². The van der Waals surface area contributed by atoms with Crippen LogP contribution in [-0.4, -0.2) is 34.8 Å². The molecule has 3 rings (SSSR count). The standard InChI is InChI=1S/C21H18F3N3O3/c1-2-27(12-19(29)26-17-10-6-4-8-15(17)21(22,23)24)20(30)14-11-18(28)25-16-9-5-3-7-13(14)16/h3-11H,2,12H2,1H3,(H,25,28)(H,26,29). The largest absolute Gasteiger partial charge is 0.418 e. The summed E-state index contributed by atoms with van der Waals surface area (Å²) in [4.78, 5) is 41.0. The second-order valence-corrected chi connectivity index (χ2v) is 6.50. The molecule has 2 aromatic carbocycles. The molecule has 1 aromatic heterocycles. The number of H-pyrrole nitrogens is 1. The molecule has 0 aliphatic rings. The number of amides is 2. The lowest BCUT2D eigenvalue weighted by molar-refractivity contribution is -0.137. The minimum Gasteiger partial charge on any atom is -0.330 e. The summed E-state index contributed by atoms with van der Waals surface area (Å²) in [5.41, 5.74) is -1.27. The van der Waals surface area contributed by atoms with Gasteiger partial charge in [-0.3, -0.25) is 14.4 Å². The van der Waals surface area contributed by atoms with Gasteiger partial charge in [-0.25, -0.2) is 0 Å². The van der Waals surface area contributed by atoms with Gasteiger partial charge in [-0.15, -0.1) is 0 Å². The van der Waals surface area contributed by atoms with Crippen LogP contribution in [0, 0.1) is 0 Å². The first-order chi connectivity index (χ1) is 14.2. The van der Waals surface area contributed by atoms with Crippen LogP contribution < -0.4 is 10.9 Å². The Morgan fingerprint density at radius 3 is 2.43 bits per heavy atom. The van der Waals surface area contributed by atoms with Gasteiger partial charge in [0.2, 0.25) is 11.5 Å². The van der Waals surface area contributed by atoms with E-state index in [1.54, 1.807) is 31.2 Å². The van der Waals surface area contributed by atoms with Crippen molar-refractivity contribution in [3.05, 3.63) is 76.1 Å². The number of rotatable bonds is 5. The molecule has 0 bridgehead atoms. The second kappa shape index (κ2) is 8.40. The van der Waals surface area contributed by atoms with Crippen LogP contribution in [0.4, 0.5) is 18.9 Å². The number of aromatic nitrogens is 1. The van der Waals surface area contributed by atoms with Crippen molar-refractivity contribution < 1.29 is 22.8 Å². The highest BCUT2D eigenvalue weighted by molar-refractivity contribution is 6.07. The highest BCUT2D eigenvalue weighted by Gasteiger charge is 2.33. The Morgan fingerprint density at radius 2 is 1.73 bits per heavy atom. The molecule has 0 spiro atoms. The van der Waals surface area contributed by atoms with Gasteiger partial charge in [0.15, 0.2) is 0 Å². The SMILES string of the molecule is CCN(CC(=O)Nc1ccccc1C(F)(F)F)C(=O)c1cc(=O)[nH]c2ccccc12. The first kappa shape index (κ1) is 21.1. The van der Waals surface area contributed by atoms with Crippen molar-refractivity contribution in [3.8, 4) is 0 Å².